The summed E-state index contributed by atoms with van der Waals surface area (Å²) in [5.41, 5.74) is 8.00. The minimum Gasteiger partial charge on any atom is -0.329 e. The van der Waals surface area contributed by atoms with Crippen molar-refractivity contribution >= 4 is 5.78 Å². The van der Waals surface area contributed by atoms with Gasteiger partial charge in [-0.25, -0.2) is 0 Å². The van der Waals surface area contributed by atoms with E-state index in [9.17, 15) is 4.79 Å². The predicted octanol–water partition coefficient (Wildman–Crippen LogP) is 2.44. The van der Waals surface area contributed by atoms with E-state index in [2.05, 4.69) is 5.32 Å². The average molecular weight is 258 g/mol. The molecule has 0 fully saturated rings. The Labute approximate surface area is 115 Å². The summed E-state index contributed by atoms with van der Waals surface area (Å²) >= 11 is 0. The molecule has 0 bridgehead atoms. The Morgan fingerprint density at radius 2 is 1.95 bits per heavy atom. The summed E-state index contributed by atoms with van der Waals surface area (Å²) in [6.07, 6.45) is 5.54. The van der Waals surface area contributed by atoms with Gasteiger partial charge in [0.25, 0.3) is 0 Å². The first kappa shape index (κ1) is 15.3. The van der Waals surface area contributed by atoms with Gasteiger partial charge in [-0.15, -0.1) is 0 Å². The number of Topliss-reactive ketones (excluding diaryl/α,β-unsaturated/α-hetero) is 1. The molecular weight excluding hydrogens is 236 g/mol. The maximum atomic E-state index is 12.2. The summed E-state index contributed by atoms with van der Waals surface area (Å²) in [7, 11) is 0. The second-order valence-electron chi connectivity index (χ2n) is 4.24. The van der Waals surface area contributed by atoms with Crippen LogP contribution in [-0.4, -0.2) is 18.9 Å². The van der Waals surface area contributed by atoms with Crippen molar-refractivity contribution in [2.75, 3.05) is 13.1 Å². The highest BCUT2D eigenvalue weighted by atomic mass is 16.1. The fourth-order valence-corrected chi connectivity index (χ4v) is 1.76. The van der Waals surface area contributed by atoms with Gasteiger partial charge in [0.05, 0.1) is 0 Å². The van der Waals surface area contributed by atoms with Crippen molar-refractivity contribution in [1.82, 2.24) is 5.32 Å². The lowest BCUT2D eigenvalue weighted by atomic mass is 10.0. The first-order valence-corrected chi connectivity index (χ1v) is 6.56. The number of allylic oxidation sites excluding steroid dienone is 4. The van der Waals surface area contributed by atoms with Crippen LogP contribution in [0, 0.1) is 0 Å². The van der Waals surface area contributed by atoms with Crippen LogP contribution >= 0.6 is 0 Å². The molecule has 0 spiro atoms. The number of carbonyl (C=O) groups is 1. The normalized spacial score (nSPS) is 12.1. The van der Waals surface area contributed by atoms with Crippen LogP contribution in [0.1, 0.15) is 29.8 Å². The minimum atomic E-state index is 0.0575. The fraction of sp³-hybridized carbons (Fsp3) is 0.312. The van der Waals surface area contributed by atoms with E-state index in [0.29, 0.717) is 12.1 Å². The number of ketones is 1. The Hall–Kier alpha value is -1.71. The summed E-state index contributed by atoms with van der Waals surface area (Å²) in [4.78, 5) is 12.2. The molecule has 0 heterocycles. The lowest BCUT2D eigenvalue weighted by Gasteiger charge is -2.05. The predicted molar refractivity (Wildman–Crippen MR) is 80.1 cm³/mol. The topological polar surface area (TPSA) is 55.1 Å². The van der Waals surface area contributed by atoms with Crippen molar-refractivity contribution in [3.05, 3.63) is 59.2 Å². The minimum absolute atomic E-state index is 0.0575. The number of nitrogens with two attached hydrogens (primary N) is 1. The quantitative estimate of drug-likeness (QED) is 0.342. The van der Waals surface area contributed by atoms with Gasteiger partial charge in [0.15, 0.2) is 5.78 Å². The fourth-order valence-electron chi connectivity index (χ4n) is 1.76. The molecule has 102 valence electrons. The standard InChI is InChI=1S/C16H22N2O/c1-3-5-14(4-2)16(19)15-8-6-13(7-9-15)12-18-11-10-17/h3-9,18H,10-12,17H2,1-2H3/b5-3-,14-4+. The number of rotatable bonds is 7. The van der Waals surface area contributed by atoms with Gasteiger partial charge in [0.2, 0.25) is 0 Å². The van der Waals surface area contributed by atoms with Gasteiger partial charge < -0.3 is 11.1 Å². The third-order valence-electron chi connectivity index (χ3n) is 2.79. The maximum absolute atomic E-state index is 12.2. The van der Waals surface area contributed by atoms with Crippen molar-refractivity contribution in [3.63, 3.8) is 0 Å². The molecule has 3 nitrogen and oxygen atoms in total. The second kappa shape index (κ2) is 8.40. The second-order valence-corrected chi connectivity index (χ2v) is 4.24. The number of carbonyl (C=O) groups excluding carboxylic acids is 1. The molecule has 19 heavy (non-hydrogen) atoms. The zero-order valence-corrected chi connectivity index (χ0v) is 11.6. The molecule has 0 aromatic heterocycles. The first-order chi connectivity index (χ1) is 9.22. The van der Waals surface area contributed by atoms with Gasteiger partial charge in [-0.05, 0) is 19.4 Å². The van der Waals surface area contributed by atoms with Gasteiger partial charge in [-0.2, -0.15) is 0 Å². The van der Waals surface area contributed by atoms with Crippen molar-refractivity contribution in [1.29, 1.82) is 0 Å². The largest absolute Gasteiger partial charge is 0.329 e. The molecule has 0 unspecified atom stereocenters. The third-order valence-corrected chi connectivity index (χ3v) is 2.79. The third kappa shape index (κ3) is 4.81. The van der Waals surface area contributed by atoms with Gasteiger partial charge in [-0.1, -0.05) is 42.5 Å². The van der Waals surface area contributed by atoms with Crippen LogP contribution in [0.4, 0.5) is 0 Å². The summed E-state index contributed by atoms with van der Waals surface area (Å²) in [6, 6.07) is 7.68. The number of nitrogens with one attached hydrogen (secondary N) is 1. The van der Waals surface area contributed by atoms with E-state index in [4.69, 9.17) is 5.73 Å². The van der Waals surface area contributed by atoms with E-state index in [0.717, 1.165) is 24.2 Å². The molecule has 3 heteroatoms. The van der Waals surface area contributed by atoms with Crippen molar-refractivity contribution < 1.29 is 4.79 Å². The van der Waals surface area contributed by atoms with Crippen LogP contribution < -0.4 is 11.1 Å². The zero-order chi connectivity index (χ0) is 14.1. The molecule has 0 aliphatic carbocycles. The first-order valence-electron chi connectivity index (χ1n) is 6.56. The lowest BCUT2D eigenvalue weighted by Crippen LogP contribution is -2.21. The smallest absolute Gasteiger partial charge is 0.192 e. The molecular formula is C16H22N2O. The van der Waals surface area contributed by atoms with E-state index >= 15 is 0 Å². The van der Waals surface area contributed by atoms with E-state index in [1.54, 1.807) is 0 Å². The highest BCUT2D eigenvalue weighted by Crippen LogP contribution is 2.11. The summed E-state index contributed by atoms with van der Waals surface area (Å²) in [6.45, 7) is 5.98. The molecule has 0 saturated carbocycles. The van der Waals surface area contributed by atoms with E-state index in [1.165, 1.54) is 0 Å². The van der Waals surface area contributed by atoms with Gasteiger partial charge in [-0.3, -0.25) is 4.79 Å². The van der Waals surface area contributed by atoms with E-state index < -0.39 is 0 Å². The Morgan fingerprint density at radius 1 is 1.26 bits per heavy atom. The molecule has 0 saturated heterocycles. The van der Waals surface area contributed by atoms with Crippen LogP contribution in [0.2, 0.25) is 0 Å². The molecule has 0 aliphatic rings. The van der Waals surface area contributed by atoms with Crippen molar-refractivity contribution in [2.45, 2.75) is 20.4 Å². The highest BCUT2D eigenvalue weighted by Gasteiger charge is 2.08. The molecule has 0 atom stereocenters. The van der Waals surface area contributed by atoms with Crippen LogP contribution in [0.25, 0.3) is 0 Å². The Balaban J connectivity index is 2.73. The molecule has 1 aromatic rings. The van der Waals surface area contributed by atoms with Crippen LogP contribution in [0.5, 0.6) is 0 Å². The van der Waals surface area contributed by atoms with Crippen molar-refractivity contribution in [2.24, 2.45) is 5.73 Å². The molecule has 1 rings (SSSR count). The molecule has 0 amide bonds. The van der Waals surface area contributed by atoms with Crippen LogP contribution in [0.15, 0.2) is 48.1 Å². The number of hydrogen-bond acceptors (Lipinski definition) is 3. The van der Waals surface area contributed by atoms with Crippen molar-refractivity contribution in [3.8, 4) is 0 Å². The van der Waals surface area contributed by atoms with E-state index in [1.807, 2.05) is 56.3 Å². The van der Waals surface area contributed by atoms with E-state index in [-0.39, 0.29) is 5.78 Å². The van der Waals surface area contributed by atoms with Gasteiger partial charge in [0, 0.05) is 30.8 Å². The summed E-state index contributed by atoms with van der Waals surface area (Å²) < 4.78 is 0. The Bertz CT molecular complexity index is 458. The molecule has 3 N–H and O–H groups in total. The number of hydrogen-bond donors (Lipinski definition) is 2. The molecule has 0 aliphatic heterocycles. The Morgan fingerprint density at radius 3 is 2.47 bits per heavy atom. The van der Waals surface area contributed by atoms with Crippen LogP contribution in [-0.2, 0) is 6.54 Å². The molecule has 1 aromatic carbocycles. The number of benzene rings is 1. The average Bonchev–Trinajstić information content (AvgIpc) is 2.45. The SMILES string of the molecule is C/C=C\C(=C/C)C(=O)c1ccc(CNCCN)cc1. The summed E-state index contributed by atoms with van der Waals surface area (Å²) in [5.74, 6) is 0.0575. The summed E-state index contributed by atoms with van der Waals surface area (Å²) in [5, 5.41) is 3.22. The molecule has 0 radical (unpaired) electrons. The lowest BCUT2D eigenvalue weighted by molar-refractivity contribution is 0.103. The van der Waals surface area contributed by atoms with Crippen LogP contribution in [0.3, 0.4) is 0 Å². The monoisotopic (exact) mass is 258 g/mol. The van der Waals surface area contributed by atoms with Gasteiger partial charge in [0.1, 0.15) is 0 Å². The highest BCUT2D eigenvalue weighted by molar-refractivity contribution is 6.10. The maximum Gasteiger partial charge on any atom is 0.192 e. The zero-order valence-electron chi connectivity index (χ0n) is 11.6. The Kier molecular flexibility index (Phi) is 6.79. The van der Waals surface area contributed by atoms with Gasteiger partial charge >= 0.3 is 0 Å².